The Morgan fingerprint density at radius 3 is 2.58 bits per heavy atom. The van der Waals surface area contributed by atoms with Crippen LogP contribution in [0.5, 0.6) is 0 Å². The van der Waals surface area contributed by atoms with E-state index >= 15 is 0 Å². The van der Waals surface area contributed by atoms with E-state index in [9.17, 15) is 18.0 Å². The van der Waals surface area contributed by atoms with Crippen LogP contribution in [0.1, 0.15) is 27.9 Å². The summed E-state index contributed by atoms with van der Waals surface area (Å²) in [5, 5.41) is 2.96. The molecule has 176 valence electrons. The molecule has 0 aliphatic heterocycles. The Balaban J connectivity index is 1.77. The summed E-state index contributed by atoms with van der Waals surface area (Å²) in [6, 6.07) is 14.4. The fourth-order valence-corrected chi connectivity index (χ4v) is 3.52. The van der Waals surface area contributed by atoms with Gasteiger partial charge in [0.2, 0.25) is 0 Å². The number of nitrogens with zero attached hydrogens (tertiary/aromatic N) is 2. The average molecular weight is 460 g/mol. The Hall–Kier alpha value is -3.26. The zero-order valence-corrected chi connectivity index (χ0v) is 18.9. The number of aryl methyl sites for hydroxylation is 1. The molecular formula is C25H28F3N3O2. The smallest absolute Gasteiger partial charge is 0.383 e. The second-order valence-electron chi connectivity index (χ2n) is 7.92. The molecular weight excluding hydrogens is 431 g/mol. The predicted octanol–water partition coefficient (Wildman–Crippen LogP) is 5.85. The highest BCUT2D eigenvalue weighted by Crippen LogP contribution is 2.29. The summed E-state index contributed by atoms with van der Waals surface area (Å²) in [5.74, 6) is 0. The van der Waals surface area contributed by atoms with Crippen molar-refractivity contribution in [3.8, 4) is 0 Å². The van der Waals surface area contributed by atoms with E-state index in [2.05, 4.69) is 5.32 Å². The Bertz CT molecular complexity index is 1090. The van der Waals surface area contributed by atoms with Crippen LogP contribution in [-0.2, 0) is 24.0 Å². The number of carbonyl (C=O) groups is 1. The van der Waals surface area contributed by atoms with Crippen LogP contribution in [0.25, 0.3) is 0 Å². The monoisotopic (exact) mass is 459 g/mol. The number of alkyl halides is 3. The lowest BCUT2D eigenvalue weighted by Gasteiger charge is -2.24. The van der Waals surface area contributed by atoms with Crippen molar-refractivity contribution in [2.45, 2.75) is 33.1 Å². The minimum atomic E-state index is -4.39. The predicted molar refractivity (Wildman–Crippen MR) is 122 cm³/mol. The largest absolute Gasteiger partial charge is 0.416 e. The van der Waals surface area contributed by atoms with Gasteiger partial charge in [0.15, 0.2) is 0 Å². The fourth-order valence-electron chi connectivity index (χ4n) is 3.52. The van der Waals surface area contributed by atoms with Gasteiger partial charge in [-0.05, 0) is 60.9 Å². The quantitative estimate of drug-likeness (QED) is 0.459. The number of benzene rings is 2. The van der Waals surface area contributed by atoms with E-state index in [1.165, 1.54) is 6.07 Å². The molecule has 1 N–H and O–H groups in total. The van der Waals surface area contributed by atoms with Crippen LogP contribution >= 0.6 is 0 Å². The molecule has 1 aromatic heterocycles. The number of ether oxygens (including phenoxy) is 1. The molecule has 3 rings (SSSR count). The average Bonchev–Trinajstić information content (AvgIpc) is 3.20. The van der Waals surface area contributed by atoms with Crippen LogP contribution in [0.3, 0.4) is 0 Å². The highest BCUT2D eigenvalue weighted by molar-refractivity contribution is 5.90. The topological polar surface area (TPSA) is 46.5 Å². The van der Waals surface area contributed by atoms with Gasteiger partial charge < -0.3 is 19.5 Å². The number of anilines is 1. The van der Waals surface area contributed by atoms with Gasteiger partial charge in [0.1, 0.15) is 0 Å². The summed E-state index contributed by atoms with van der Waals surface area (Å²) in [4.78, 5) is 14.7. The van der Waals surface area contributed by atoms with E-state index in [-0.39, 0.29) is 19.1 Å². The zero-order valence-electron chi connectivity index (χ0n) is 18.9. The van der Waals surface area contributed by atoms with Gasteiger partial charge in [-0.2, -0.15) is 13.2 Å². The van der Waals surface area contributed by atoms with Crippen molar-refractivity contribution in [2.75, 3.05) is 25.6 Å². The van der Waals surface area contributed by atoms with Gasteiger partial charge in [0.05, 0.1) is 18.7 Å². The minimum Gasteiger partial charge on any atom is -0.383 e. The zero-order chi connectivity index (χ0) is 24.0. The van der Waals surface area contributed by atoms with Crippen LogP contribution in [0.15, 0.2) is 60.8 Å². The number of methoxy groups -OCH3 is 1. The van der Waals surface area contributed by atoms with Gasteiger partial charge in [-0.3, -0.25) is 0 Å². The molecule has 0 unspecified atom stereocenters. The Labute approximate surface area is 191 Å². The SMILES string of the molecule is COCCN(Cc1cccn1Cc1cccc(C(F)(F)F)c1)C(=O)Nc1cccc(C)c1C. The van der Waals surface area contributed by atoms with Crippen LogP contribution in [0, 0.1) is 13.8 Å². The Kier molecular flexibility index (Phi) is 7.81. The number of carbonyl (C=O) groups excluding carboxylic acids is 1. The van der Waals surface area contributed by atoms with Crippen molar-refractivity contribution in [1.82, 2.24) is 9.47 Å². The van der Waals surface area contributed by atoms with Crippen molar-refractivity contribution in [3.63, 3.8) is 0 Å². The van der Waals surface area contributed by atoms with Crippen molar-refractivity contribution < 1.29 is 22.7 Å². The van der Waals surface area contributed by atoms with Crippen molar-refractivity contribution in [3.05, 3.63) is 88.7 Å². The first-order valence-electron chi connectivity index (χ1n) is 10.6. The molecule has 33 heavy (non-hydrogen) atoms. The number of hydrogen-bond donors (Lipinski definition) is 1. The maximum Gasteiger partial charge on any atom is 0.416 e. The maximum atomic E-state index is 13.1. The minimum absolute atomic E-state index is 0.267. The van der Waals surface area contributed by atoms with Gasteiger partial charge in [0.25, 0.3) is 0 Å². The third kappa shape index (κ3) is 6.38. The molecule has 1 heterocycles. The third-order valence-corrected chi connectivity index (χ3v) is 5.58. The Morgan fingerprint density at radius 1 is 1.09 bits per heavy atom. The van der Waals surface area contributed by atoms with Gasteiger partial charge >= 0.3 is 12.2 Å². The number of rotatable bonds is 8. The molecule has 0 fully saturated rings. The molecule has 0 radical (unpaired) electrons. The van der Waals surface area contributed by atoms with E-state index < -0.39 is 11.7 Å². The summed E-state index contributed by atoms with van der Waals surface area (Å²) in [6.07, 6.45) is -2.59. The molecule has 3 aromatic rings. The second kappa shape index (κ2) is 10.6. The summed E-state index contributed by atoms with van der Waals surface area (Å²) in [6.45, 7) is 5.20. The lowest BCUT2D eigenvalue weighted by atomic mass is 10.1. The highest BCUT2D eigenvalue weighted by atomic mass is 19.4. The van der Waals surface area contributed by atoms with Crippen molar-refractivity contribution in [1.29, 1.82) is 0 Å². The molecule has 0 spiro atoms. The van der Waals surface area contributed by atoms with Gasteiger partial charge in [0, 0.05) is 37.8 Å². The number of hydrogen-bond acceptors (Lipinski definition) is 2. The second-order valence-corrected chi connectivity index (χ2v) is 7.92. The van der Waals surface area contributed by atoms with Crippen molar-refractivity contribution >= 4 is 11.7 Å². The van der Waals surface area contributed by atoms with Gasteiger partial charge in [-0.15, -0.1) is 0 Å². The summed E-state index contributed by atoms with van der Waals surface area (Å²) in [7, 11) is 1.57. The Morgan fingerprint density at radius 2 is 1.85 bits per heavy atom. The van der Waals surface area contributed by atoms with E-state index in [1.54, 1.807) is 24.3 Å². The highest BCUT2D eigenvalue weighted by Gasteiger charge is 2.30. The van der Waals surface area contributed by atoms with Crippen molar-refractivity contribution in [2.24, 2.45) is 0 Å². The molecule has 8 heteroatoms. The molecule has 0 aliphatic rings. The first kappa shape index (κ1) is 24.4. The lowest BCUT2D eigenvalue weighted by Crippen LogP contribution is -2.37. The molecule has 2 amide bonds. The summed E-state index contributed by atoms with van der Waals surface area (Å²) < 4.78 is 46.2. The van der Waals surface area contributed by atoms with E-state index in [0.29, 0.717) is 18.7 Å². The molecule has 2 aromatic carbocycles. The summed E-state index contributed by atoms with van der Waals surface area (Å²) >= 11 is 0. The van der Waals surface area contributed by atoms with Gasteiger partial charge in [-0.1, -0.05) is 24.3 Å². The lowest BCUT2D eigenvalue weighted by molar-refractivity contribution is -0.137. The molecule has 0 saturated heterocycles. The van der Waals surface area contributed by atoms with Crippen LogP contribution < -0.4 is 5.32 Å². The molecule has 0 saturated carbocycles. The number of halogens is 3. The normalized spacial score (nSPS) is 11.5. The number of aromatic nitrogens is 1. The van der Waals surface area contributed by atoms with Gasteiger partial charge in [-0.25, -0.2) is 4.79 Å². The molecule has 0 bridgehead atoms. The third-order valence-electron chi connectivity index (χ3n) is 5.58. The maximum absolute atomic E-state index is 13.1. The number of urea groups is 1. The van der Waals surface area contributed by atoms with E-state index in [4.69, 9.17) is 4.74 Å². The number of amides is 2. The van der Waals surface area contributed by atoms with Crippen LogP contribution in [-0.4, -0.2) is 35.8 Å². The van der Waals surface area contributed by atoms with Crippen LogP contribution in [0.2, 0.25) is 0 Å². The first-order chi connectivity index (χ1) is 15.7. The first-order valence-corrected chi connectivity index (χ1v) is 10.6. The van der Waals surface area contributed by atoms with E-state index in [1.807, 2.05) is 48.7 Å². The molecule has 5 nitrogen and oxygen atoms in total. The van der Waals surface area contributed by atoms with Crippen LogP contribution in [0.4, 0.5) is 23.7 Å². The molecule has 0 aliphatic carbocycles. The fraction of sp³-hybridized carbons (Fsp3) is 0.320. The van der Waals surface area contributed by atoms with E-state index in [0.717, 1.165) is 34.6 Å². The number of nitrogens with one attached hydrogen (secondary N) is 1. The standard InChI is InChI=1S/C25H28F3N3O2/c1-18-7-4-11-23(19(18)2)29-24(32)31(13-14-33-3)17-22-10-6-12-30(22)16-20-8-5-9-21(15-20)25(26,27)28/h4-12,15H,13-14,16-17H2,1-3H3,(H,29,32). The summed E-state index contributed by atoms with van der Waals surface area (Å²) in [5.41, 5.74) is 3.46. The molecule has 0 atom stereocenters.